The normalized spacial score (nSPS) is 12.2. The second-order valence-corrected chi connectivity index (χ2v) is 8.74. The van der Waals surface area contributed by atoms with Crippen LogP contribution in [0.5, 0.6) is 0 Å². The number of hydrogen-bond donors (Lipinski definition) is 1. The van der Waals surface area contributed by atoms with Gasteiger partial charge in [-0.15, -0.1) is 0 Å². The monoisotopic (exact) mass is 395 g/mol. The Morgan fingerprint density at radius 2 is 0.839 bits per heavy atom. The first-order valence-corrected chi connectivity index (χ1v) is 10.9. The minimum absolute atomic E-state index is 1.11. The summed E-state index contributed by atoms with van der Waals surface area (Å²) in [5.41, 5.74) is 4.99. The Balaban J connectivity index is 1.95. The van der Waals surface area contributed by atoms with Crippen LogP contribution in [0.3, 0.4) is 0 Å². The Morgan fingerprint density at radius 3 is 1.26 bits per heavy atom. The number of aromatic amines is 1. The van der Waals surface area contributed by atoms with Crippen LogP contribution in [-0.2, 0) is 0 Å². The molecule has 0 unspecified atom stereocenters. The number of hydrogen-bond acceptors (Lipinski definition) is 0. The molecular formula is C30H21N. The van der Waals surface area contributed by atoms with Crippen LogP contribution in [0.4, 0.5) is 0 Å². The lowest BCUT2D eigenvalue weighted by atomic mass is 10.0. The molecule has 0 amide bonds. The number of rotatable bonds is 0. The number of benzene rings is 4. The summed E-state index contributed by atoms with van der Waals surface area (Å²) in [5, 5.41) is 13.5. The van der Waals surface area contributed by atoms with E-state index in [4.69, 9.17) is 0 Å². The molecule has 8 bridgehead atoms. The van der Waals surface area contributed by atoms with E-state index in [2.05, 4.69) is 104 Å². The topological polar surface area (TPSA) is 15.8 Å². The zero-order valence-corrected chi connectivity index (χ0v) is 17.6. The minimum Gasteiger partial charge on any atom is -0.356 e. The Morgan fingerprint density at radius 1 is 0.452 bits per heavy atom. The SMILES string of the molecule is Cc1c2=c3c4cccc3c3ccc(cc3)[nH]c3ccc(cc3)c3cccc1c3=c-2c4C. The van der Waals surface area contributed by atoms with Gasteiger partial charge in [0.05, 0.1) is 0 Å². The highest BCUT2D eigenvalue weighted by molar-refractivity contribution is 5.94. The van der Waals surface area contributed by atoms with Crippen LogP contribution in [0, 0.1) is 35.1 Å². The van der Waals surface area contributed by atoms with E-state index in [1.165, 1.54) is 64.7 Å². The number of H-pyrrole nitrogens is 1. The van der Waals surface area contributed by atoms with E-state index >= 15 is 0 Å². The Hall–Kier alpha value is -3.84. The van der Waals surface area contributed by atoms with E-state index < -0.39 is 0 Å². The van der Waals surface area contributed by atoms with Crippen molar-refractivity contribution in [2.24, 2.45) is 0 Å². The lowest BCUT2D eigenvalue weighted by Crippen LogP contribution is -1.80. The molecule has 1 heteroatoms. The number of nitrogens with one attached hydrogen (secondary N) is 1. The van der Waals surface area contributed by atoms with Gasteiger partial charge in [0.25, 0.3) is 0 Å². The zero-order valence-electron chi connectivity index (χ0n) is 17.6. The zero-order chi connectivity index (χ0) is 20.7. The molecule has 0 saturated heterocycles. The summed E-state index contributed by atoms with van der Waals surface area (Å²) in [6, 6.07) is 31.2. The van der Waals surface area contributed by atoms with Crippen molar-refractivity contribution < 1.29 is 0 Å². The highest BCUT2D eigenvalue weighted by Gasteiger charge is 2.20. The summed E-state index contributed by atoms with van der Waals surface area (Å²) >= 11 is 0. The molecule has 31 heavy (non-hydrogen) atoms. The molecule has 1 nitrogen and oxygen atoms in total. The van der Waals surface area contributed by atoms with Crippen LogP contribution in [0.1, 0.15) is 11.1 Å². The Kier molecular flexibility index (Phi) is 3.20. The van der Waals surface area contributed by atoms with Crippen molar-refractivity contribution in [3.63, 3.8) is 0 Å². The summed E-state index contributed by atoms with van der Waals surface area (Å²) in [6.07, 6.45) is 0. The van der Waals surface area contributed by atoms with Crippen molar-refractivity contribution in [2.75, 3.05) is 0 Å². The average molecular weight is 396 g/mol. The van der Waals surface area contributed by atoms with E-state index in [1.54, 1.807) is 0 Å². The highest BCUT2D eigenvalue weighted by Crippen LogP contribution is 2.37. The minimum atomic E-state index is 1.11. The summed E-state index contributed by atoms with van der Waals surface area (Å²) in [4.78, 5) is 3.54. The first kappa shape index (κ1) is 16.9. The number of aryl methyl sites for hydroxylation is 2. The molecule has 0 fully saturated rings. The van der Waals surface area contributed by atoms with E-state index in [1.807, 2.05) is 0 Å². The number of fused-ring (bicyclic) bond motifs is 2. The summed E-state index contributed by atoms with van der Waals surface area (Å²) in [7, 11) is 0. The Labute approximate surface area is 179 Å². The van der Waals surface area contributed by atoms with Gasteiger partial charge in [-0.2, -0.15) is 0 Å². The summed E-state index contributed by atoms with van der Waals surface area (Å²) < 4.78 is 0. The fourth-order valence-corrected chi connectivity index (χ4v) is 5.65. The maximum Gasteiger partial charge on any atom is 0.0384 e. The molecule has 5 aliphatic rings. The third-order valence-electron chi connectivity index (χ3n) is 7.12. The van der Waals surface area contributed by atoms with Crippen LogP contribution >= 0.6 is 0 Å². The van der Waals surface area contributed by atoms with Gasteiger partial charge in [-0.3, -0.25) is 0 Å². The van der Waals surface area contributed by atoms with Crippen molar-refractivity contribution in [2.45, 2.75) is 13.8 Å². The highest BCUT2D eigenvalue weighted by atomic mass is 14.7. The average Bonchev–Trinajstić information content (AvgIpc) is 3.27. The van der Waals surface area contributed by atoms with E-state index in [0.717, 1.165) is 11.0 Å². The van der Waals surface area contributed by atoms with E-state index in [-0.39, 0.29) is 0 Å². The van der Waals surface area contributed by atoms with Crippen molar-refractivity contribution in [3.8, 4) is 0 Å². The van der Waals surface area contributed by atoms with Crippen LogP contribution < -0.4 is 0 Å². The van der Waals surface area contributed by atoms with Crippen molar-refractivity contribution in [3.05, 3.63) is 117 Å². The largest absolute Gasteiger partial charge is 0.356 e. The van der Waals surface area contributed by atoms with E-state index in [0.29, 0.717) is 0 Å². The first-order chi connectivity index (χ1) is 15.2. The standard InChI is InChI=1S/C30H21N/c1-17-23-5-3-7-25-19-9-13-21(14-10-19)31-22-15-11-20(12-16-22)26-8-4-6-24-18(2)28(29(23)25)27(17)30(24)26/h3-16,31H,1-2H3. The molecule has 4 aromatic rings. The Bertz CT molecular complexity index is 1720. The summed E-state index contributed by atoms with van der Waals surface area (Å²) in [5.74, 6) is 0. The second kappa shape index (κ2) is 5.86. The maximum absolute atomic E-state index is 3.54. The van der Waals surface area contributed by atoms with Gasteiger partial charge >= 0.3 is 0 Å². The molecule has 0 atom stereocenters. The van der Waals surface area contributed by atoms with Crippen molar-refractivity contribution in [1.29, 1.82) is 0 Å². The lowest BCUT2D eigenvalue weighted by Gasteiger charge is -2.01. The van der Waals surface area contributed by atoms with Gasteiger partial charge in [-0.25, -0.2) is 0 Å². The molecule has 146 valence electrons. The fourth-order valence-electron chi connectivity index (χ4n) is 5.65. The van der Waals surface area contributed by atoms with Gasteiger partial charge in [-0.1, -0.05) is 60.7 Å². The maximum atomic E-state index is 3.54. The lowest BCUT2D eigenvalue weighted by molar-refractivity contribution is 1.37. The van der Waals surface area contributed by atoms with Crippen LogP contribution in [0.15, 0.2) is 84.9 Å². The quantitative estimate of drug-likeness (QED) is 0.271. The van der Waals surface area contributed by atoms with Crippen molar-refractivity contribution in [1.82, 2.24) is 4.98 Å². The summed E-state index contributed by atoms with van der Waals surface area (Å²) in [6.45, 7) is 4.59. The van der Waals surface area contributed by atoms with Gasteiger partial charge in [-0.05, 0) is 103 Å². The van der Waals surface area contributed by atoms with Crippen LogP contribution in [0.25, 0.3) is 43.4 Å². The fraction of sp³-hybridized carbons (Fsp3) is 0.0667. The molecule has 0 aromatic heterocycles. The van der Waals surface area contributed by atoms with Gasteiger partial charge in [0.1, 0.15) is 0 Å². The third kappa shape index (κ3) is 2.16. The molecule has 3 aliphatic heterocycles. The van der Waals surface area contributed by atoms with Gasteiger partial charge in [0.2, 0.25) is 0 Å². The molecule has 4 aromatic carbocycles. The molecule has 9 rings (SSSR count). The molecular weight excluding hydrogens is 374 g/mol. The first-order valence-electron chi connectivity index (χ1n) is 10.9. The molecule has 0 radical (unpaired) electrons. The second-order valence-electron chi connectivity index (χ2n) is 8.74. The van der Waals surface area contributed by atoms with Gasteiger partial charge < -0.3 is 4.98 Å². The molecule has 2 aliphatic carbocycles. The predicted molar refractivity (Wildman–Crippen MR) is 131 cm³/mol. The van der Waals surface area contributed by atoms with E-state index in [9.17, 15) is 0 Å². The van der Waals surface area contributed by atoms with Crippen LogP contribution in [0.2, 0.25) is 0 Å². The molecule has 0 saturated carbocycles. The predicted octanol–water partition coefficient (Wildman–Crippen LogP) is 7.69. The van der Waals surface area contributed by atoms with Crippen LogP contribution in [-0.4, -0.2) is 4.98 Å². The molecule has 1 N–H and O–H groups in total. The molecule has 3 heterocycles. The van der Waals surface area contributed by atoms with Gasteiger partial charge in [0.15, 0.2) is 0 Å². The smallest absolute Gasteiger partial charge is 0.0384 e. The molecule has 0 spiro atoms. The van der Waals surface area contributed by atoms with Gasteiger partial charge in [0, 0.05) is 11.0 Å². The number of aromatic nitrogens is 1. The van der Waals surface area contributed by atoms with Crippen molar-refractivity contribution >= 4 is 43.4 Å². The third-order valence-corrected chi connectivity index (χ3v) is 7.12.